The Balaban J connectivity index is 2.99. The summed E-state index contributed by atoms with van der Waals surface area (Å²) in [5, 5.41) is 8.32. The summed E-state index contributed by atoms with van der Waals surface area (Å²) in [7, 11) is 0. The molecule has 0 fully saturated rings. The lowest BCUT2D eigenvalue weighted by Crippen LogP contribution is -2.39. The van der Waals surface area contributed by atoms with Crippen LogP contribution in [0.5, 0.6) is 0 Å². The number of rotatable bonds is 6. The second-order valence-corrected chi connectivity index (χ2v) is 4.24. The lowest BCUT2D eigenvalue weighted by atomic mass is 10.1. The fourth-order valence-corrected chi connectivity index (χ4v) is 1.88. The molecule has 0 aromatic carbocycles. The molecule has 0 aliphatic heterocycles. The minimum absolute atomic E-state index is 0.433. The molecule has 5 nitrogen and oxygen atoms in total. The molecule has 0 spiro atoms. The molecule has 0 amide bonds. The normalized spacial score (nSPS) is 10.9. The Kier molecular flexibility index (Phi) is 5.28. The zero-order chi connectivity index (χ0) is 12.8. The lowest BCUT2D eigenvalue weighted by Gasteiger charge is -2.29. The summed E-state index contributed by atoms with van der Waals surface area (Å²) in [6.45, 7) is 9.60. The Morgan fingerprint density at radius 3 is 2.24 bits per heavy atom. The molecule has 1 heterocycles. The van der Waals surface area contributed by atoms with Gasteiger partial charge in [-0.1, -0.05) is 13.8 Å². The first-order valence-corrected chi connectivity index (χ1v) is 6.28. The number of nitrogens with two attached hydrogens (primary N) is 1. The van der Waals surface area contributed by atoms with Gasteiger partial charge in [-0.05, 0) is 26.7 Å². The third-order valence-electron chi connectivity index (χ3n) is 3.09. The first-order chi connectivity index (χ1) is 8.13. The van der Waals surface area contributed by atoms with Crippen molar-refractivity contribution in [2.75, 3.05) is 18.0 Å². The Labute approximate surface area is 103 Å². The minimum atomic E-state index is 0.433. The molecular weight excluding hydrogens is 214 g/mol. The molecule has 1 aromatic rings. The highest BCUT2D eigenvalue weighted by molar-refractivity contribution is 5.31. The molecule has 0 saturated carbocycles. The van der Waals surface area contributed by atoms with E-state index in [1.165, 1.54) is 0 Å². The van der Waals surface area contributed by atoms with Crippen LogP contribution in [0.2, 0.25) is 0 Å². The maximum Gasteiger partial charge on any atom is 0.245 e. The van der Waals surface area contributed by atoms with Crippen molar-refractivity contribution in [2.24, 2.45) is 5.73 Å². The maximum absolute atomic E-state index is 5.66. The van der Waals surface area contributed by atoms with Crippen molar-refractivity contribution in [1.82, 2.24) is 15.2 Å². The summed E-state index contributed by atoms with van der Waals surface area (Å²) >= 11 is 0. The maximum atomic E-state index is 5.66. The summed E-state index contributed by atoms with van der Waals surface area (Å²) in [4.78, 5) is 6.67. The number of aryl methyl sites for hydroxylation is 2. The van der Waals surface area contributed by atoms with Crippen molar-refractivity contribution < 1.29 is 0 Å². The molecule has 0 saturated heterocycles. The van der Waals surface area contributed by atoms with Crippen LogP contribution >= 0.6 is 0 Å². The predicted octanol–water partition coefficient (Wildman–Crippen LogP) is 1.44. The van der Waals surface area contributed by atoms with E-state index in [0.717, 1.165) is 30.8 Å². The number of nitrogens with zero attached hydrogens (tertiary/aromatic N) is 4. The monoisotopic (exact) mass is 237 g/mol. The van der Waals surface area contributed by atoms with Gasteiger partial charge in [-0.3, -0.25) is 0 Å². The molecule has 1 rings (SSSR count). The van der Waals surface area contributed by atoms with Gasteiger partial charge in [0, 0.05) is 19.1 Å². The number of aromatic nitrogens is 3. The van der Waals surface area contributed by atoms with Gasteiger partial charge in [0.25, 0.3) is 0 Å². The zero-order valence-electron chi connectivity index (χ0n) is 11.3. The van der Waals surface area contributed by atoms with Crippen LogP contribution in [0.1, 0.15) is 38.1 Å². The molecule has 5 heteroatoms. The predicted molar refractivity (Wildman–Crippen MR) is 70.1 cm³/mol. The quantitative estimate of drug-likeness (QED) is 0.811. The number of hydrogen-bond acceptors (Lipinski definition) is 5. The van der Waals surface area contributed by atoms with Gasteiger partial charge in [-0.25, -0.2) is 4.98 Å². The fraction of sp³-hybridized carbons (Fsp3) is 0.750. The molecule has 0 radical (unpaired) electrons. The van der Waals surface area contributed by atoms with Crippen LogP contribution in [0.15, 0.2) is 0 Å². The third kappa shape index (κ3) is 3.36. The van der Waals surface area contributed by atoms with Gasteiger partial charge in [0.05, 0.1) is 11.4 Å². The van der Waals surface area contributed by atoms with Gasteiger partial charge < -0.3 is 10.6 Å². The molecule has 0 unspecified atom stereocenters. The van der Waals surface area contributed by atoms with Crippen molar-refractivity contribution in [3.63, 3.8) is 0 Å². The number of hydrogen-bond donors (Lipinski definition) is 1. The summed E-state index contributed by atoms with van der Waals surface area (Å²) in [6, 6.07) is 0.433. The van der Waals surface area contributed by atoms with E-state index in [0.29, 0.717) is 18.5 Å². The Morgan fingerprint density at radius 2 is 1.76 bits per heavy atom. The molecule has 0 bridgehead atoms. The molecule has 0 atom stereocenters. The van der Waals surface area contributed by atoms with E-state index in [1.54, 1.807) is 0 Å². The van der Waals surface area contributed by atoms with Crippen LogP contribution in [-0.4, -0.2) is 34.3 Å². The average molecular weight is 237 g/mol. The first-order valence-electron chi connectivity index (χ1n) is 6.28. The van der Waals surface area contributed by atoms with Crippen LogP contribution in [0.25, 0.3) is 0 Å². The highest BCUT2D eigenvalue weighted by Crippen LogP contribution is 2.15. The van der Waals surface area contributed by atoms with E-state index in [9.17, 15) is 0 Å². The summed E-state index contributed by atoms with van der Waals surface area (Å²) in [5.41, 5.74) is 7.48. The second kappa shape index (κ2) is 6.49. The van der Waals surface area contributed by atoms with Gasteiger partial charge in [-0.15, -0.1) is 5.10 Å². The Morgan fingerprint density at radius 1 is 1.12 bits per heavy atom. The van der Waals surface area contributed by atoms with Crippen molar-refractivity contribution >= 4 is 5.95 Å². The molecular formula is C12H23N5. The van der Waals surface area contributed by atoms with Gasteiger partial charge in [0.2, 0.25) is 5.95 Å². The van der Waals surface area contributed by atoms with Crippen molar-refractivity contribution in [2.45, 2.75) is 46.6 Å². The van der Waals surface area contributed by atoms with Gasteiger partial charge in [0.15, 0.2) is 0 Å². The van der Waals surface area contributed by atoms with Crippen molar-refractivity contribution in [1.29, 1.82) is 0 Å². The Hall–Kier alpha value is -1.23. The zero-order valence-corrected chi connectivity index (χ0v) is 11.3. The Bertz CT molecular complexity index is 349. The standard InChI is InChI=1S/C12H23N5/c1-5-11(6-2)17(8-7-13)12-14-9(3)10(4)15-16-12/h11H,5-8,13H2,1-4H3. The van der Waals surface area contributed by atoms with Crippen molar-refractivity contribution in [3.8, 4) is 0 Å². The molecule has 2 N–H and O–H groups in total. The van der Waals surface area contributed by atoms with Gasteiger partial charge in [-0.2, -0.15) is 5.10 Å². The first kappa shape index (κ1) is 13.8. The van der Waals surface area contributed by atoms with Crippen LogP contribution in [0.3, 0.4) is 0 Å². The SMILES string of the molecule is CCC(CC)N(CCN)c1nnc(C)c(C)n1. The topological polar surface area (TPSA) is 67.9 Å². The van der Waals surface area contributed by atoms with E-state index in [1.807, 2.05) is 13.8 Å². The van der Waals surface area contributed by atoms with E-state index >= 15 is 0 Å². The smallest absolute Gasteiger partial charge is 0.245 e. The molecule has 17 heavy (non-hydrogen) atoms. The van der Waals surface area contributed by atoms with Crippen LogP contribution in [0.4, 0.5) is 5.95 Å². The largest absolute Gasteiger partial charge is 0.335 e. The number of anilines is 1. The summed E-state index contributed by atoms with van der Waals surface area (Å²) in [5.74, 6) is 0.701. The summed E-state index contributed by atoms with van der Waals surface area (Å²) < 4.78 is 0. The van der Waals surface area contributed by atoms with E-state index < -0.39 is 0 Å². The lowest BCUT2D eigenvalue weighted by molar-refractivity contribution is 0.543. The van der Waals surface area contributed by atoms with Crippen LogP contribution in [0, 0.1) is 13.8 Å². The molecule has 96 valence electrons. The molecule has 1 aromatic heterocycles. The fourth-order valence-electron chi connectivity index (χ4n) is 1.88. The van der Waals surface area contributed by atoms with Crippen molar-refractivity contribution in [3.05, 3.63) is 11.4 Å². The van der Waals surface area contributed by atoms with Gasteiger partial charge in [0.1, 0.15) is 0 Å². The summed E-state index contributed by atoms with van der Waals surface area (Å²) in [6.07, 6.45) is 2.12. The second-order valence-electron chi connectivity index (χ2n) is 4.24. The van der Waals surface area contributed by atoms with E-state index in [-0.39, 0.29) is 0 Å². The highest BCUT2D eigenvalue weighted by atomic mass is 15.3. The highest BCUT2D eigenvalue weighted by Gasteiger charge is 2.18. The van der Waals surface area contributed by atoms with Crippen LogP contribution < -0.4 is 10.6 Å². The van der Waals surface area contributed by atoms with E-state index in [2.05, 4.69) is 33.9 Å². The van der Waals surface area contributed by atoms with Gasteiger partial charge >= 0.3 is 0 Å². The third-order valence-corrected chi connectivity index (χ3v) is 3.09. The minimum Gasteiger partial charge on any atom is -0.335 e. The average Bonchev–Trinajstić information content (AvgIpc) is 2.33. The van der Waals surface area contributed by atoms with Crippen LogP contribution in [-0.2, 0) is 0 Å². The molecule has 0 aliphatic rings. The molecule has 0 aliphatic carbocycles. The van der Waals surface area contributed by atoms with E-state index in [4.69, 9.17) is 5.73 Å².